The number of aromatic nitrogens is 3. The summed E-state index contributed by atoms with van der Waals surface area (Å²) >= 11 is 0. The van der Waals surface area contributed by atoms with Crippen LogP contribution in [0.2, 0.25) is 0 Å². The topological polar surface area (TPSA) is 86.0 Å². The van der Waals surface area contributed by atoms with Gasteiger partial charge in [-0.1, -0.05) is 13.0 Å². The Labute approximate surface area is 118 Å². The van der Waals surface area contributed by atoms with Gasteiger partial charge in [-0.15, -0.1) is 0 Å². The Kier molecular flexibility index (Phi) is 5.11. The molecular weight excluding hydrogens is 254 g/mol. The highest BCUT2D eigenvalue weighted by Gasteiger charge is 2.08. The number of nitrogen functional groups attached to an aromatic ring is 1. The zero-order valence-corrected chi connectivity index (χ0v) is 11.5. The van der Waals surface area contributed by atoms with Crippen molar-refractivity contribution in [3.63, 3.8) is 0 Å². The Morgan fingerprint density at radius 1 is 1.25 bits per heavy atom. The van der Waals surface area contributed by atoms with Crippen molar-refractivity contribution in [2.24, 2.45) is 0 Å². The van der Waals surface area contributed by atoms with E-state index in [0.717, 1.165) is 18.5 Å². The minimum Gasteiger partial charge on any atom is -0.476 e. The molecule has 2 aromatic heterocycles. The van der Waals surface area contributed by atoms with Crippen LogP contribution in [-0.2, 0) is 6.42 Å². The van der Waals surface area contributed by atoms with E-state index < -0.39 is 0 Å². The summed E-state index contributed by atoms with van der Waals surface area (Å²) in [5, 5.41) is 3.18. The maximum absolute atomic E-state index is 5.98. The normalized spacial score (nSPS) is 10.2. The fourth-order valence-corrected chi connectivity index (χ4v) is 1.69. The van der Waals surface area contributed by atoms with Crippen LogP contribution in [0, 0.1) is 0 Å². The van der Waals surface area contributed by atoms with E-state index in [1.807, 2.05) is 25.1 Å². The number of nitrogens with zero attached hydrogens (tertiary/aromatic N) is 3. The number of pyridine rings is 1. The summed E-state index contributed by atoms with van der Waals surface area (Å²) in [4.78, 5) is 12.4. The molecule has 0 spiro atoms. The average molecular weight is 273 g/mol. The molecule has 2 heterocycles. The van der Waals surface area contributed by atoms with Crippen LogP contribution in [0.15, 0.2) is 30.7 Å². The highest BCUT2D eigenvalue weighted by Crippen LogP contribution is 2.24. The molecule has 0 unspecified atom stereocenters. The van der Waals surface area contributed by atoms with E-state index in [2.05, 4.69) is 20.3 Å². The van der Waals surface area contributed by atoms with Gasteiger partial charge < -0.3 is 15.8 Å². The first-order valence-electron chi connectivity index (χ1n) is 6.68. The van der Waals surface area contributed by atoms with Crippen molar-refractivity contribution < 1.29 is 4.74 Å². The molecule has 0 saturated carbocycles. The van der Waals surface area contributed by atoms with E-state index in [-0.39, 0.29) is 0 Å². The lowest BCUT2D eigenvalue weighted by Crippen LogP contribution is -2.11. The molecule has 20 heavy (non-hydrogen) atoms. The minimum atomic E-state index is 0.433. The highest BCUT2D eigenvalue weighted by molar-refractivity contribution is 5.66. The molecule has 0 aliphatic rings. The molecule has 0 aromatic carbocycles. The van der Waals surface area contributed by atoms with Crippen LogP contribution in [0.3, 0.4) is 0 Å². The van der Waals surface area contributed by atoms with Gasteiger partial charge in [-0.25, -0.2) is 4.98 Å². The van der Waals surface area contributed by atoms with Gasteiger partial charge in [-0.3, -0.25) is 4.98 Å². The lowest BCUT2D eigenvalue weighted by atomic mass is 10.3. The van der Waals surface area contributed by atoms with Gasteiger partial charge in [0.05, 0.1) is 6.61 Å². The Bertz CT molecular complexity index is 532. The van der Waals surface area contributed by atoms with E-state index in [0.29, 0.717) is 30.5 Å². The van der Waals surface area contributed by atoms with Crippen molar-refractivity contribution >= 4 is 11.5 Å². The number of ether oxygens (including phenoxy) is 1. The molecule has 0 radical (unpaired) electrons. The van der Waals surface area contributed by atoms with Crippen LogP contribution in [0.5, 0.6) is 5.88 Å². The predicted octanol–water partition coefficient (Wildman–Crippen LogP) is 1.90. The van der Waals surface area contributed by atoms with Gasteiger partial charge in [0.2, 0.25) is 5.88 Å². The molecule has 6 heteroatoms. The van der Waals surface area contributed by atoms with Crippen molar-refractivity contribution in [2.45, 2.75) is 19.8 Å². The molecule has 6 nitrogen and oxygen atoms in total. The van der Waals surface area contributed by atoms with Crippen LogP contribution in [0.4, 0.5) is 11.5 Å². The molecule has 0 aliphatic heterocycles. The SMILES string of the molecule is CCCOc1ncnc(NCCc2ccccn2)c1N. The van der Waals surface area contributed by atoms with Gasteiger partial charge in [0, 0.05) is 24.9 Å². The smallest absolute Gasteiger partial charge is 0.242 e. The molecule has 0 amide bonds. The number of hydrogen-bond donors (Lipinski definition) is 2. The standard InChI is InChI=1S/C14H19N5O/c1-2-9-20-14-12(15)13(18-10-19-14)17-8-6-11-5-3-4-7-16-11/h3-5,7,10H,2,6,8-9,15H2,1H3,(H,17,18,19). The Balaban J connectivity index is 1.92. The first-order valence-corrected chi connectivity index (χ1v) is 6.68. The first kappa shape index (κ1) is 14.0. The Morgan fingerprint density at radius 2 is 2.15 bits per heavy atom. The lowest BCUT2D eigenvalue weighted by molar-refractivity contribution is 0.306. The molecule has 0 saturated heterocycles. The third-order valence-electron chi connectivity index (χ3n) is 2.69. The van der Waals surface area contributed by atoms with E-state index in [1.54, 1.807) is 6.20 Å². The minimum absolute atomic E-state index is 0.433. The van der Waals surface area contributed by atoms with E-state index in [1.165, 1.54) is 6.33 Å². The summed E-state index contributed by atoms with van der Waals surface area (Å²) in [7, 11) is 0. The van der Waals surface area contributed by atoms with Gasteiger partial charge in [-0.05, 0) is 18.6 Å². The van der Waals surface area contributed by atoms with Crippen LogP contribution in [-0.4, -0.2) is 28.1 Å². The Hall–Kier alpha value is -2.37. The van der Waals surface area contributed by atoms with E-state index in [9.17, 15) is 0 Å². The molecule has 106 valence electrons. The second-order valence-corrected chi connectivity index (χ2v) is 4.29. The first-order chi connectivity index (χ1) is 9.81. The van der Waals surface area contributed by atoms with E-state index in [4.69, 9.17) is 10.5 Å². The van der Waals surface area contributed by atoms with Crippen LogP contribution >= 0.6 is 0 Å². The largest absolute Gasteiger partial charge is 0.476 e. The molecule has 2 rings (SSSR count). The molecule has 0 bridgehead atoms. The predicted molar refractivity (Wildman–Crippen MR) is 78.7 cm³/mol. The fraction of sp³-hybridized carbons (Fsp3) is 0.357. The maximum Gasteiger partial charge on any atom is 0.242 e. The second-order valence-electron chi connectivity index (χ2n) is 4.29. The van der Waals surface area contributed by atoms with Crippen molar-refractivity contribution in [1.29, 1.82) is 0 Å². The fourth-order valence-electron chi connectivity index (χ4n) is 1.69. The van der Waals surface area contributed by atoms with Gasteiger partial charge in [0.15, 0.2) is 5.82 Å². The van der Waals surface area contributed by atoms with Crippen LogP contribution in [0.25, 0.3) is 0 Å². The van der Waals surface area contributed by atoms with Gasteiger partial charge in [0.1, 0.15) is 12.0 Å². The number of anilines is 2. The molecule has 0 atom stereocenters. The highest BCUT2D eigenvalue weighted by atomic mass is 16.5. The third kappa shape index (κ3) is 3.81. The zero-order chi connectivity index (χ0) is 14.2. The van der Waals surface area contributed by atoms with Gasteiger partial charge in [0.25, 0.3) is 0 Å². The van der Waals surface area contributed by atoms with Crippen molar-refractivity contribution in [3.8, 4) is 5.88 Å². The average Bonchev–Trinajstić information content (AvgIpc) is 2.49. The third-order valence-corrected chi connectivity index (χ3v) is 2.69. The van der Waals surface area contributed by atoms with Crippen molar-refractivity contribution in [1.82, 2.24) is 15.0 Å². The molecule has 0 aliphatic carbocycles. The summed E-state index contributed by atoms with van der Waals surface area (Å²) in [6, 6.07) is 5.86. The molecule has 2 aromatic rings. The monoisotopic (exact) mass is 273 g/mol. The number of nitrogens with two attached hydrogens (primary N) is 1. The van der Waals surface area contributed by atoms with Crippen molar-refractivity contribution in [2.75, 3.05) is 24.2 Å². The second kappa shape index (κ2) is 7.28. The summed E-state index contributed by atoms with van der Waals surface area (Å²) < 4.78 is 5.46. The number of rotatable bonds is 7. The quantitative estimate of drug-likeness (QED) is 0.801. The van der Waals surface area contributed by atoms with Gasteiger partial charge >= 0.3 is 0 Å². The molecule has 3 N–H and O–H groups in total. The Morgan fingerprint density at radius 3 is 2.90 bits per heavy atom. The number of nitrogens with one attached hydrogen (secondary N) is 1. The lowest BCUT2D eigenvalue weighted by Gasteiger charge is -2.11. The van der Waals surface area contributed by atoms with Crippen LogP contribution < -0.4 is 15.8 Å². The molecular formula is C14H19N5O. The van der Waals surface area contributed by atoms with Crippen LogP contribution in [0.1, 0.15) is 19.0 Å². The summed E-state index contributed by atoms with van der Waals surface area (Å²) in [6.07, 6.45) is 4.94. The molecule has 0 fully saturated rings. The van der Waals surface area contributed by atoms with Gasteiger partial charge in [-0.2, -0.15) is 4.98 Å². The maximum atomic E-state index is 5.98. The summed E-state index contributed by atoms with van der Waals surface area (Å²) in [6.45, 7) is 3.32. The number of hydrogen-bond acceptors (Lipinski definition) is 6. The summed E-state index contributed by atoms with van der Waals surface area (Å²) in [5.74, 6) is 1.03. The van der Waals surface area contributed by atoms with E-state index >= 15 is 0 Å². The summed E-state index contributed by atoms with van der Waals surface area (Å²) in [5.41, 5.74) is 7.44. The van der Waals surface area contributed by atoms with Crippen molar-refractivity contribution in [3.05, 3.63) is 36.4 Å². The zero-order valence-electron chi connectivity index (χ0n) is 11.5.